The Morgan fingerprint density at radius 3 is 2.59 bits per heavy atom. The molecule has 0 radical (unpaired) electrons. The molecular weight excluding hydrogens is 304 g/mol. The van der Waals surface area contributed by atoms with E-state index >= 15 is 0 Å². The van der Waals surface area contributed by atoms with Gasteiger partial charge >= 0.3 is 0 Å². The molecule has 0 aliphatic carbocycles. The van der Waals surface area contributed by atoms with Crippen LogP contribution in [0.4, 0.5) is 0 Å². The van der Waals surface area contributed by atoms with Crippen molar-refractivity contribution in [3.8, 4) is 0 Å². The summed E-state index contributed by atoms with van der Waals surface area (Å²) in [5.41, 5.74) is 1.67. The molecular formula is C15H20N2O4S. The Morgan fingerprint density at radius 1 is 1.32 bits per heavy atom. The number of rotatable bonds is 3. The molecule has 2 rings (SSSR count). The zero-order chi connectivity index (χ0) is 16.5. The third kappa shape index (κ3) is 3.14. The highest BCUT2D eigenvalue weighted by Crippen LogP contribution is 2.19. The number of aromatic nitrogens is 1. The van der Waals surface area contributed by atoms with Gasteiger partial charge in [0.15, 0.2) is 9.84 Å². The summed E-state index contributed by atoms with van der Waals surface area (Å²) in [4.78, 5) is 28.3. The average molecular weight is 324 g/mol. The van der Waals surface area contributed by atoms with Crippen LogP contribution in [-0.2, 0) is 9.84 Å². The van der Waals surface area contributed by atoms with Crippen molar-refractivity contribution in [3.63, 3.8) is 0 Å². The lowest BCUT2D eigenvalue weighted by atomic mass is 10.0. The van der Waals surface area contributed by atoms with Crippen molar-refractivity contribution in [2.75, 3.05) is 18.8 Å². The van der Waals surface area contributed by atoms with Crippen molar-refractivity contribution in [2.24, 2.45) is 0 Å². The van der Waals surface area contributed by atoms with E-state index in [4.69, 9.17) is 0 Å². The summed E-state index contributed by atoms with van der Waals surface area (Å²) in [5.74, 6) is -0.515. The number of carbonyl (C=O) groups is 1. The second-order valence-corrected chi connectivity index (χ2v) is 7.80. The van der Waals surface area contributed by atoms with Crippen LogP contribution in [0.15, 0.2) is 33.1 Å². The van der Waals surface area contributed by atoms with E-state index in [1.54, 1.807) is 4.90 Å². The van der Waals surface area contributed by atoms with Crippen LogP contribution in [0.2, 0.25) is 0 Å². The Kier molecular flexibility index (Phi) is 4.55. The smallest absolute Gasteiger partial charge is 0.260 e. The van der Waals surface area contributed by atoms with Gasteiger partial charge in [0.2, 0.25) is 0 Å². The molecule has 0 atom stereocenters. The minimum Gasteiger partial charge on any atom is -0.334 e. The van der Waals surface area contributed by atoms with E-state index < -0.39 is 21.3 Å². The normalized spacial score (nSPS) is 16.0. The van der Waals surface area contributed by atoms with E-state index in [0.29, 0.717) is 13.1 Å². The molecule has 7 heteroatoms. The molecule has 1 aliphatic rings. The van der Waals surface area contributed by atoms with E-state index in [1.165, 1.54) is 18.6 Å². The van der Waals surface area contributed by atoms with Gasteiger partial charge < -0.3 is 9.88 Å². The quantitative estimate of drug-likeness (QED) is 0.850. The molecule has 0 aromatic carbocycles. The average Bonchev–Trinajstić information content (AvgIpc) is 2.49. The molecule has 22 heavy (non-hydrogen) atoms. The molecule has 0 unspecified atom stereocenters. The van der Waals surface area contributed by atoms with Crippen LogP contribution in [0.3, 0.4) is 0 Å². The molecule has 0 saturated carbocycles. The van der Waals surface area contributed by atoms with E-state index in [-0.39, 0.29) is 16.2 Å². The summed E-state index contributed by atoms with van der Waals surface area (Å²) >= 11 is 0. The first-order chi connectivity index (χ1) is 10.3. The maximum atomic E-state index is 12.5. The zero-order valence-corrected chi connectivity index (χ0v) is 13.8. The minimum absolute atomic E-state index is 0.0293. The Bertz CT molecular complexity index is 790. The first-order valence-electron chi connectivity index (χ1n) is 7.16. The number of nitrogens with zero attached hydrogens (tertiary/aromatic N) is 1. The number of carbonyl (C=O) groups excluding carboxylic acids is 1. The van der Waals surface area contributed by atoms with Gasteiger partial charge in [0.25, 0.3) is 11.5 Å². The molecule has 0 spiro atoms. The lowest BCUT2D eigenvalue weighted by Crippen LogP contribution is -2.39. The van der Waals surface area contributed by atoms with Gasteiger partial charge in [-0.15, -0.1) is 0 Å². The van der Waals surface area contributed by atoms with Crippen molar-refractivity contribution in [1.82, 2.24) is 9.88 Å². The van der Waals surface area contributed by atoms with Gasteiger partial charge in [0, 0.05) is 19.3 Å². The van der Waals surface area contributed by atoms with E-state index in [1.807, 2.05) is 13.8 Å². The molecule has 0 saturated heterocycles. The third-order valence-corrected chi connectivity index (χ3v) is 5.76. The van der Waals surface area contributed by atoms with Crippen molar-refractivity contribution >= 4 is 15.7 Å². The maximum Gasteiger partial charge on any atom is 0.260 e. The van der Waals surface area contributed by atoms with Crippen molar-refractivity contribution < 1.29 is 13.2 Å². The fraction of sp³-hybridized carbons (Fsp3) is 0.467. The minimum atomic E-state index is -3.47. The van der Waals surface area contributed by atoms with Crippen LogP contribution < -0.4 is 5.56 Å². The topological polar surface area (TPSA) is 87.3 Å². The van der Waals surface area contributed by atoms with Crippen LogP contribution in [0.5, 0.6) is 0 Å². The number of H-pyrrole nitrogens is 1. The van der Waals surface area contributed by atoms with Gasteiger partial charge in [-0.25, -0.2) is 8.42 Å². The highest BCUT2D eigenvalue weighted by molar-refractivity contribution is 7.91. The molecule has 0 bridgehead atoms. The molecule has 1 aliphatic heterocycles. The van der Waals surface area contributed by atoms with Gasteiger partial charge in [0.1, 0.15) is 5.56 Å². The number of sulfone groups is 1. The Hall–Kier alpha value is -1.89. The molecule has 0 fully saturated rings. The van der Waals surface area contributed by atoms with Crippen LogP contribution in [0, 0.1) is 0 Å². The van der Waals surface area contributed by atoms with Crippen LogP contribution in [0.25, 0.3) is 0 Å². The van der Waals surface area contributed by atoms with Gasteiger partial charge in [-0.2, -0.15) is 0 Å². The van der Waals surface area contributed by atoms with Crippen LogP contribution in [-0.4, -0.2) is 43.1 Å². The first-order valence-corrected chi connectivity index (χ1v) is 8.81. The standard InChI is InChI=1S/C15H20N2O4S/c1-4-22(20,21)12-7-13(14(18)16-8-12)15(19)17-6-5-10(2)11(3)9-17/h7-8H,4-6,9H2,1-3H3,(H,16,18). The largest absolute Gasteiger partial charge is 0.334 e. The molecule has 6 nitrogen and oxygen atoms in total. The molecule has 1 aromatic rings. The van der Waals surface area contributed by atoms with E-state index in [9.17, 15) is 18.0 Å². The second kappa shape index (κ2) is 6.08. The Labute approximate surface area is 129 Å². The van der Waals surface area contributed by atoms with Crippen LogP contribution >= 0.6 is 0 Å². The summed E-state index contributed by atoms with van der Waals surface area (Å²) in [7, 11) is -3.47. The lowest BCUT2D eigenvalue weighted by molar-refractivity contribution is 0.0761. The third-order valence-electron chi connectivity index (χ3n) is 4.05. The fourth-order valence-electron chi connectivity index (χ4n) is 2.33. The predicted octanol–water partition coefficient (Wildman–Crippen LogP) is 1.35. The number of nitrogens with one attached hydrogen (secondary N) is 1. The molecule has 1 aromatic heterocycles. The van der Waals surface area contributed by atoms with Gasteiger partial charge in [0.05, 0.1) is 10.6 Å². The van der Waals surface area contributed by atoms with Crippen molar-refractivity contribution in [1.29, 1.82) is 0 Å². The monoisotopic (exact) mass is 324 g/mol. The molecule has 120 valence electrons. The van der Waals surface area contributed by atoms with Gasteiger partial charge in [-0.1, -0.05) is 18.1 Å². The number of hydrogen-bond donors (Lipinski definition) is 1. The zero-order valence-electron chi connectivity index (χ0n) is 13.0. The number of hydrogen-bond acceptors (Lipinski definition) is 4. The summed E-state index contributed by atoms with van der Waals surface area (Å²) in [6, 6.07) is 1.18. The first kappa shape index (κ1) is 16.5. The highest BCUT2D eigenvalue weighted by Gasteiger charge is 2.24. The summed E-state index contributed by atoms with van der Waals surface area (Å²) < 4.78 is 23.8. The predicted molar refractivity (Wildman–Crippen MR) is 83.7 cm³/mol. The van der Waals surface area contributed by atoms with Gasteiger partial charge in [-0.05, 0) is 26.3 Å². The number of amides is 1. The summed E-state index contributed by atoms with van der Waals surface area (Å²) in [5, 5.41) is 0. The Balaban J connectivity index is 2.39. The van der Waals surface area contributed by atoms with Crippen LogP contribution in [0.1, 0.15) is 37.6 Å². The molecule has 2 heterocycles. The highest BCUT2D eigenvalue weighted by atomic mass is 32.2. The molecule has 1 amide bonds. The summed E-state index contributed by atoms with van der Waals surface area (Å²) in [6.07, 6.45) is 1.91. The SMILES string of the molecule is CCS(=O)(=O)c1c[nH]c(=O)c(C(=O)N2CCC(C)=C(C)C2)c1. The number of pyridine rings is 1. The van der Waals surface area contributed by atoms with Crippen molar-refractivity contribution in [2.45, 2.75) is 32.1 Å². The second-order valence-electron chi connectivity index (χ2n) is 5.52. The summed E-state index contributed by atoms with van der Waals surface area (Å²) in [6.45, 7) is 6.50. The van der Waals surface area contributed by atoms with E-state index in [2.05, 4.69) is 4.98 Å². The molecule has 1 N–H and O–H groups in total. The maximum absolute atomic E-state index is 12.5. The number of aromatic amines is 1. The van der Waals surface area contributed by atoms with Crippen molar-refractivity contribution in [3.05, 3.63) is 39.3 Å². The Morgan fingerprint density at radius 2 is 2.00 bits per heavy atom. The fourth-order valence-corrected chi connectivity index (χ4v) is 3.20. The lowest BCUT2D eigenvalue weighted by Gasteiger charge is -2.28. The van der Waals surface area contributed by atoms with E-state index in [0.717, 1.165) is 18.2 Å². The van der Waals surface area contributed by atoms with Gasteiger partial charge in [-0.3, -0.25) is 9.59 Å².